The Bertz CT molecular complexity index is 2870. The fourth-order valence-electron chi connectivity index (χ4n) is 9.00. The Balaban J connectivity index is 1.10. The molecule has 0 atom stereocenters. The second-order valence-corrected chi connectivity index (χ2v) is 15.0. The van der Waals surface area contributed by atoms with Crippen LogP contribution in [0.4, 0.5) is 34.1 Å². The first-order valence-corrected chi connectivity index (χ1v) is 18.7. The van der Waals surface area contributed by atoms with E-state index >= 15 is 0 Å². The van der Waals surface area contributed by atoms with Crippen molar-refractivity contribution in [1.82, 2.24) is 0 Å². The van der Waals surface area contributed by atoms with E-state index in [1.54, 1.807) is 0 Å². The van der Waals surface area contributed by atoms with Crippen LogP contribution in [0.15, 0.2) is 182 Å². The summed E-state index contributed by atoms with van der Waals surface area (Å²) in [4.78, 5) is 4.73. The van der Waals surface area contributed by atoms with Gasteiger partial charge in [-0.25, -0.2) is 0 Å². The molecule has 0 spiro atoms. The van der Waals surface area contributed by atoms with Crippen LogP contribution in [0.5, 0.6) is 11.5 Å². The Morgan fingerprint density at radius 2 is 0.981 bits per heavy atom. The first-order chi connectivity index (χ1) is 26.5. The van der Waals surface area contributed by atoms with Crippen LogP contribution in [0.3, 0.4) is 0 Å². The third-order valence-electron chi connectivity index (χ3n) is 11.6. The smallest absolute Gasteiger partial charge is 0.153 e. The Morgan fingerprint density at radius 3 is 1.65 bits per heavy atom. The van der Waals surface area contributed by atoms with Crippen LogP contribution in [-0.2, 0) is 5.41 Å². The van der Waals surface area contributed by atoms with Crippen molar-refractivity contribution in [2.24, 2.45) is 0 Å². The van der Waals surface area contributed by atoms with E-state index in [0.717, 1.165) is 39.9 Å². The van der Waals surface area contributed by atoms with Gasteiger partial charge in [-0.15, -0.1) is 0 Å². The van der Waals surface area contributed by atoms with E-state index in [4.69, 9.17) is 4.74 Å². The summed E-state index contributed by atoms with van der Waals surface area (Å²) in [6, 6.07) is 65.8. The summed E-state index contributed by atoms with van der Waals surface area (Å²) in [6.45, 7) is 4.67. The maximum absolute atomic E-state index is 6.87. The summed E-state index contributed by atoms with van der Waals surface area (Å²) in [6.07, 6.45) is 0. The van der Waals surface area contributed by atoms with Gasteiger partial charge in [0.1, 0.15) is 0 Å². The quantitative estimate of drug-likeness (QED) is 0.171. The molecule has 0 amide bonds. The Kier molecular flexibility index (Phi) is 6.60. The lowest BCUT2D eigenvalue weighted by Crippen LogP contribution is -2.32. The summed E-state index contributed by atoms with van der Waals surface area (Å²) < 4.78 is 6.87. The predicted octanol–water partition coefficient (Wildman–Crippen LogP) is 14.5. The largest absolute Gasteiger partial charge is 0.453 e. The zero-order valence-electron chi connectivity index (χ0n) is 30.1. The number of nitrogens with zero attached hydrogens (tertiary/aromatic N) is 2. The van der Waals surface area contributed by atoms with E-state index in [0.29, 0.717) is 0 Å². The van der Waals surface area contributed by atoms with Crippen LogP contribution in [-0.4, -0.2) is 0 Å². The van der Waals surface area contributed by atoms with E-state index < -0.39 is 0 Å². The van der Waals surface area contributed by atoms with Gasteiger partial charge in [0.2, 0.25) is 0 Å². The van der Waals surface area contributed by atoms with Crippen LogP contribution >= 0.6 is 0 Å². The minimum atomic E-state index is -0.230. The van der Waals surface area contributed by atoms with Crippen molar-refractivity contribution in [3.63, 3.8) is 0 Å². The second kappa shape index (κ2) is 11.6. The molecule has 2 aliphatic heterocycles. The van der Waals surface area contributed by atoms with Gasteiger partial charge >= 0.3 is 0 Å². The molecule has 256 valence electrons. The standard InChI is InChI=1S/C51H36N2O/c1-51(2)44-28-25-34(33-24-27-42-40-20-10-9-18-38(40)39-19-11-12-21-41(39)43(42)30-33)31-47(44)53-46-29-26-37(32-49(46)54-48-23-13-22-45(51)50(48)53)52(35-14-5-3-6-15-35)36-16-7-4-8-17-36/h3-32H,1-2H3. The molecule has 9 aromatic rings. The SMILES string of the molecule is CC1(C)c2ccc(-c3ccc4c5ccccc5c5ccccc5c4c3)cc2N2c3ccc(N(c4ccccc4)c4ccccc4)cc3Oc3cccc1c32. The fraction of sp³-hybridized carbons (Fsp3) is 0.0588. The van der Waals surface area contributed by atoms with Crippen LogP contribution in [0.1, 0.15) is 25.0 Å². The summed E-state index contributed by atoms with van der Waals surface area (Å²) in [5.41, 5.74) is 11.3. The van der Waals surface area contributed by atoms with E-state index in [1.807, 2.05) is 0 Å². The summed E-state index contributed by atoms with van der Waals surface area (Å²) in [5, 5.41) is 7.71. The number of hydrogen-bond donors (Lipinski definition) is 0. The highest BCUT2D eigenvalue weighted by atomic mass is 16.5. The molecule has 0 aromatic heterocycles. The zero-order valence-corrected chi connectivity index (χ0v) is 30.1. The number of benzene rings is 9. The van der Waals surface area contributed by atoms with Crippen molar-refractivity contribution in [2.45, 2.75) is 19.3 Å². The van der Waals surface area contributed by atoms with Crippen molar-refractivity contribution in [3.8, 4) is 22.6 Å². The molecule has 0 radical (unpaired) electrons. The number of anilines is 6. The van der Waals surface area contributed by atoms with Gasteiger partial charge < -0.3 is 14.5 Å². The van der Waals surface area contributed by atoms with Crippen molar-refractivity contribution in [3.05, 3.63) is 193 Å². The molecule has 0 aliphatic carbocycles. The lowest BCUT2D eigenvalue weighted by Gasteiger charge is -2.45. The fourth-order valence-corrected chi connectivity index (χ4v) is 9.00. The predicted molar refractivity (Wildman–Crippen MR) is 226 cm³/mol. The van der Waals surface area contributed by atoms with Crippen molar-refractivity contribution in [1.29, 1.82) is 0 Å². The lowest BCUT2D eigenvalue weighted by molar-refractivity contribution is 0.471. The minimum Gasteiger partial charge on any atom is -0.453 e. The van der Waals surface area contributed by atoms with E-state index in [-0.39, 0.29) is 5.41 Å². The molecule has 0 N–H and O–H groups in total. The average Bonchev–Trinajstić information content (AvgIpc) is 3.23. The van der Waals surface area contributed by atoms with Gasteiger partial charge in [0.15, 0.2) is 11.5 Å². The molecule has 2 aliphatic rings. The molecular formula is C51H36N2O. The molecule has 0 bridgehead atoms. The van der Waals surface area contributed by atoms with Crippen LogP contribution in [0, 0.1) is 0 Å². The molecule has 0 fully saturated rings. The third kappa shape index (κ3) is 4.48. The molecule has 0 saturated carbocycles. The van der Waals surface area contributed by atoms with Gasteiger partial charge in [-0.2, -0.15) is 0 Å². The monoisotopic (exact) mass is 692 g/mol. The van der Waals surface area contributed by atoms with Gasteiger partial charge in [0.05, 0.1) is 17.1 Å². The maximum atomic E-state index is 6.87. The Hall–Kier alpha value is -6.84. The number of rotatable bonds is 4. The second-order valence-electron chi connectivity index (χ2n) is 15.0. The number of ether oxygens (including phenoxy) is 1. The lowest BCUT2D eigenvalue weighted by atomic mass is 9.72. The molecule has 0 saturated heterocycles. The van der Waals surface area contributed by atoms with Gasteiger partial charge in [0, 0.05) is 28.5 Å². The van der Waals surface area contributed by atoms with Crippen LogP contribution in [0.2, 0.25) is 0 Å². The number of hydrogen-bond acceptors (Lipinski definition) is 3. The normalized spacial score (nSPS) is 13.6. The first-order valence-electron chi connectivity index (χ1n) is 18.7. The van der Waals surface area contributed by atoms with E-state index in [9.17, 15) is 0 Å². The van der Waals surface area contributed by atoms with Gasteiger partial charge in [0.25, 0.3) is 0 Å². The molecule has 54 heavy (non-hydrogen) atoms. The maximum Gasteiger partial charge on any atom is 0.153 e. The van der Waals surface area contributed by atoms with Crippen LogP contribution < -0.4 is 14.5 Å². The molecule has 3 heteroatoms. The Labute approximate surface area is 314 Å². The highest BCUT2D eigenvalue weighted by Crippen LogP contribution is 2.60. The average molecular weight is 693 g/mol. The van der Waals surface area contributed by atoms with E-state index in [1.165, 1.54) is 60.3 Å². The van der Waals surface area contributed by atoms with Crippen LogP contribution in [0.25, 0.3) is 43.4 Å². The van der Waals surface area contributed by atoms with Crippen molar-refractivity contribution < 1.29 is 4.74 Å². The molecule has 2 heterocycles. The molecule has 11 rings (SSSR count). The number of fused-ring (bicyclic) bond motifs is 10. The van der Waals surface area contributed by atoms with Gasteiger partial charge in [-0.1, -0.05) is 135 Å². The highest BCUT2D eigenvalue weighted by molar-refractivity contribution is 6.25. The van der Waals surface area contributed by atoms with Crippen molar-refractivity contribution in [2.75, 3.05) is 9.80 Å². The van der Waals surface area contributed by atoms with Gasteiger partial charge in [-0.05, 0) is 109 Å². The summed E-state index contributed by atoms with van der Waals surface area (Å²) in [7, 11) is 0. The zero-order chi connectivity index (χ0) is 36.0. The van der Waals surface area contributed by atoms with Crippen molar-refractivity contribution >= 4 is 66.4 Å². The Morgan fingerprint density at radius 1 is 0.407 bits per heavy atom. The van der Waals surface area contributed by atoms with E-state index in [2.05, 4.69) is 206 Å². The minimum absolute atomic E-state index is 0.230. The molecule has 0 unspecified atom stereocenters. The molecule has 9 aromatic carbocycles. The van der Waals surface area contributed by atoms with Gasteiger partial charge in [-0.3, -0.25) is 0 Å². The summed E-state index contributed by atoms with van der Waals surface area (Å²) in [5.74, 6) is 1.70. The third-order valence-corrected chi connectivity index (χ3v) is 11.6. The topological polar surface area (TPSA) is 15.7 Å². The summed E-state index contributed by atoms with van der Waals surface area (Å²) >= 11 is 0. The molecular weight excluding hydrogens is 657 g/mol. The highest BCUT2D eigenvalue weighted by Gasteiger charge is 2.41. The first kappa shape index (κ1) is 30.8. The molecule has 3 nitrogen and oxygen atoms in total. The number of para-hydroxylation sites is 3.